The van der Waals surface area contributed by atoms with Crippen molar-refractivity contribution in [3.05, 3.63) is 58.1 Å². The molecule has 0 atom stereocenters. The van der Waals surface area contributed by atoms with Gasteiger partial charge in [-0.3, -0.25) is 9.59 Å². The number of hydrogen-bond donors (Lipinski definition) is 0. The molecular weight excluding hydrogens is 378 g/mol. The number of carbonyl (C=O) groups excluding carboxylic acids is 2. The van der Waals surface area contributed by atoms with Gasteiger partial charge in [-0.1, -0.05) is 18.2 Å². The summed E-state index contributed by atoms with van der Waals surface area (Å²) in [6, 6.07) is 9.82. The Morgan fingerprint density at radius 2 is 1.83 bits per heavy atom. The van der Waals surface area contributed by atoms with E-state index in [4.69, 9.17) is 9.47 Å². The van der Waals surface area contributed by atoms with Crippen LogP contribution < -0.4 is 9.47 Å². The van der Waals surface area contributed by atoms with Gasteiger partial charge >= 0.3 is 0 Å². The van der Waals surface area contributed by atoms with Gasteiger partial charge in [0.25, 0.3) is 5.91 Å². The Bertz CT molecular complexity index is 1000. The number of hydrogen-bond acceptors (Lipinski definition) is 4. The van der Waals surface area contributed by atoms with Gasteiger partial charge in [-0.25, -0.2) is 0 Å². The second-order valence-corrected chi connectivity index (χ2v) is 8.71. The van der Waals surface area contributed by atoms with Gasteiger partial charge in [0.1, 0.15) is 17.1 Å². The molecule has 2 aromatic carbocycles. The Hall–Kier alpha value is -2.82. The number of aryl methyl sites for hydroxylation is 3. The number of fused-ring (bicyclic) bond motifs is 1. The number of amides is 1. The number of nitrogens with zero attached hydrogens (tertiary/aromatic N) is 1. The van der Waals surface area contributed by atoms with E-state index >= 15 is 0 Å². The standard InChI is InChI=1S/C25H29NO4/c1-16-12-18(3)24-20(13-16)21(27)14-25(30-24)8-10-26(11-9-25)23(28)15-29-22-7-5-6-17(2)19(22)4/h5-7,12-13H,8-11,14-15H2,1-4H3. The molecule has 1 amide bonds. The van der Waals surface area contributed by atoms with Gasteiger partial charge in [-0.05, 0) is 62.1 Å². The molecule has 1 fully saturated rings. The van der Waals surface area contributed by atoms with Gasteiger partial charge in [0.2, 0.25) is 0 Å². The van der Waals surface area contributed by atoms with Crippen LogP contribution in [0.4, 0.5) is 0 Å². The highest BCUT2D eigenvalue weighted by atomic mass is 16.5. The quantitative estimate of drug-likeness (QED) is 0.760. The molecule has 0 aliphatic carbocycles. The lowest BCUT2D eigenvalue weighted by atomic mass is 9.81. The van der Waals surface area contributed by atoms with Gasteiger partial charge in [0.05, 0.1) is 12.0 Å². The van der Waals surface area contributed by atoms with Crippen molar-refractivity contribution in [1.82, 2.24) is 4.90 Å². The van der Waals surface area contributed by atoms with Crippen LogP contribution in [0.3, 0.4) is 0 Å². The first kappa shape index (κ1) is 20.5. The normalized spacial score (nSPS) is 17.5. The first-order chi connectivity index (χ1) is 14.3. The fourth-order valence-corrected chi connectivity index (χ4v) is 4.49. The highest BCUT2D eigenvalue weighted by molar-refractivity contribution is 6.01. The second-order valence-electron chi connectivity index (χ2n) is 8.71. The van der Waals surface area contributed by atoms with Crippen molar-refractivity contribution in [3.63, 3.8) is 0 Å². The topological polar surface area (TPSA) is 55.8 Å². The highest BCUT2D eigenvalue weighted by Gasteiger charge is 2.44. The monoisotopic (exact) mass is 407 g/mol. The van der Waals surface area contributed by atoms with Crippen molar-refractivity contribution < 1.29 is 19.1 Å². The molecule has 0 bridgehead atoms. The van der Waals surface area contributed by atoms with E-state index in [2.05, 4.69) is 6.07 Å². The molecule has 2 heterocycles. The average Bonchev–Trinajstić information content (AvgIpc) is 2.70. The number of likely N-dealkylation sites (tertiary alicyclic amines) is 1. The third-order valence-electron chi connectivity index (χ3n) is 6.45. The summed E-state index contributed by atoms with van der Waals surface area (Å²) in [4.78, 5) is 27.3. The van der Waals surface area contributed by atoms with E-state index < -0.39 is 5.60 Å². The fourth-order valence-electron chi connectivity index (χ4n) is 4.49. The van der Waals surface area contributed by atoms with Crippen LogP contribution in [-0.4, -0.2) is 41.9 Å². The smallest absolute Gasteiger partial charge is 0.260 e. The van der Waals surface area contributed by atoms with E-state index in [0.29, 0.717) is 37.9 Å². The van der Waals surface area contributed by atoms with Crippen molar-refractivity contribution in [2.45, 2.75) is 52.6 Å². The number of benzene rings is 2. The fraction of sp³-hybridized carbons (Fsp3) is 0.440. The minimum Gasteiger partial charge on any atom is -0.486 e. The van der Waals surface area contributed by atoms with E-state index in [0.717, 1.165) is 33.8 Å². The van der Waals surface area contributed by atoms with E-state index in [9.17, 15) is 9.59 Å². The van der Waals surface area contributed by atoms with Crippen LogP contribution in [0, 0.1) is 27.7 Å². The third kappa shape index (κ3) is 3.81. The van der Waals surface area contributed by atoms with Crippen molar-refractivity contribution in [2.24, 2.45) is 0 Å². The Morgan fingerprint density at radius 3 is 2.57 bits per heavy atom. The molecule has 2 aliphatic rings. The lowest BCUT2D eigenvalue weighted by molar-refractivity contribution is -0.136. The molecule has 30 heavy (non-hydrogen) atoms. The predicted molar refractivity (Wildman–Crippen MR) is 115 cm³/mol. The summed E-state index contributed by atoms with van der Waals surface area (Å²) in [5.41, 5.74) is 4.46. The third-order valence-corrected chi connectivity index (χ3v) is 6.45. The van der Waals surface area contributed by atoms with E-state index in [-0.39, 0.29) is 18.3 Å². The largest absolute Gasteiger partial charge is 0.486 e. The molecule has 1 spiro atoms. The average molecular weight is 408 g/mol. The molecule has 2 aliphatic heterocycles. The van der Waals surface area contributed by atoms with Crippen molar-refractivity contribution >= 4 is 11.7 Å². The lowest BCUT2D eigenvalue weighted by Gasteiger charge is -2.44. The summed E-state index contributed by atoms with van der Waals surface area (Å²) < 4.78 is 12.2. The predicted octanol–water partition coefficient (Wildman–Crippen LogP) is 4.33. The van der Waals surface area contributed by atoms with E-state index in [1.165, 1.54) is 0 Å². The van der Waals surface area contributed by atoms with Crippen LogP contribution in [0.15, 0.2) is 30.3 Å². The van der Waals surface area contributed by atoms with Crippen LogP contribution in [-0.2, 0) is 4.79 Å². The van der Waals surface area contributed by atoms with Crippen molar-refractivity contribution in [3.8, 4) is 11.5 Å². The molecule has 0 saturated carbocycles. The molecule has 1 saturated heterocycles. The van der Waals surface area contributed by atoms with Crippen molar-refractivity contribution in [1.29, 1.82) is 0 Å². The van der Waals surface area contributed by atoms with Gasteiger partial charge in [0, 0.05) is 25.9 Å². The zero-order valence-corrected chi connectivity index (χ0v) is 18.2. The van der Waals surface area contributed by atoms with Crippen LogP contribution in [0.2, 0.25) is 0 Å². The summed E-state index contributed by atoms with van der Waals surface area (Å²) in [6.45, 7) is 9.18. The Labute approximate surface area is 178 Å². The summed E-state index contributed by atoms with van der Waals surface area (Å²) in [6.07, 6.45) is 1.69. The van der Waals surface area contributed by atoms with Crippen LogP contribution in [0.1, 0.15) is 51.9 Å². The Morgan fingerprint density at radius 1 is 1.10 bits per heavy atom. The molecule has 0 unspecified atom stereocenters. The zero-order chi connectivity index (χ0) is 21.5. The summed E-state index contributed by atoms with van der Waals surface area (Å²) in [5, 5.41) is 0. The molecule has 0 radical (unpaired) electrons. The molecule has 5 heteroatoms. The van der Waals surface area contributed by atoms with Crippen LogP contribution >= 0.6 is 0 Å². The molecule has 0 aromatic heterocycles. The highest BCUT2D eigenvalue weighted by Crippen LogP contribution is 2.41. The van der Waals surface area contributed by atoms with Gasteiger partial charge in [-0.15, -0.1) is 0 Å². The van der Waals surface area contributed by atoms with E-state index in [1.54, 1.807) is 0 Å². The molecule has 158 valence electrons. The van der Waals surface area contributed by atoms with Gasteiger partial charge < -0.3 is 14.4 Å². The van der Waals surface area contributed by atoms with Gasteiger partial charge in [0.15, 0.2) is 12.4 Å². The molecule has 2 aromatic rings. The zero-order valence-electron chi connectivity index (χ0n) is 18.2. The van der Waals surface area contributed by atoms with Crippen LogP contribution in [0.5, 0.6) is 11.5 Å². The maximum Gasteiger partial charge on any atom is 0.260 e. The number of piperidine rings is 1. The maximum atomic E-state index is 12.8. The molecular formula is C25H29NO4. The minimum atomic E-state index is -0.505. The van der Waals surface area contributed by atoms with Crippen LogP contribution in [0.25, 0.3) is 0 Å². The lowest BCUT2D eigenvalue weighted by Crippen LogP contribution is -2.53. The molecule has 4 rings (SSSR count). The second kappa shape index (κ2) is 7.78. The van der Waals surface area contributed by atoms with Crippen molar-refractivity contribution in [2.75, 3.05) is 19.7 Å². The number of rotatable bonds is 3. The first-order valence-corrected chi connectivity index (χ1v) is 10.6. The molecule has 0 N–H and O–H groups in total. The first-order valence-electron chi connectivity index (χ1n) is 10.6. The Kier molecular flexibility index (Phi) is 5.31. The number of Topliss-reactive ketones (excluding diaryl/α,β-unsaturated/α-hetero) is 1. The summed E-state index contributed by atoms with van der Waals surface area (Å²) in [5.74, 6) is 1.58. The summed E-state index contributed by atoms with van der Waals surface area (Å²) in [7, 11) is 0. The number of carbonyl (C=O) groups is 2. The molecule has 5 nitrogen and oxygen atoms in total. The number of ketones is 1. The SMILES string of the molecule is Cc1cc(C)c2c(c1)C(=O)CC1(CCN(C(=O)COc3cccc(C)c3C)CC1)O2. The summed E-state index contributed by atoms with van der Waals surface area (Å²) >= 11 is 0. The van der Waals surface area contributed by atoms with E-state index in [1.807, 2.05) is 56.9 Å². The minimum absolute atomic E-state index is 0.0261. The number of ether oxygens (including phenoxy) is 2. The van der Waals surface area contributed by atoms with Gasteiger partial charge in [-0.2, -0.15) is 0 Å². The Balaban J connectivity index is 1.39. The maximum absolute atomic E-state index is 12.8.